The maximum atomic E-state index is 11.1. The number of hydrogen-bond donors (Lipinski definition) is 1. The zero-order valence-electron chi connectivity index (χ0n) is 9.44. The second kappa shape index (κ2) is 4.29. The number of nitrogens with one attached hydrogen (secondary N) is 1. The molecule has 0 fully saturated rings. The first-order valence-electron chi connectivity index (χ1n) is 4.93. The average molecular weight is 233 g/mol. The molecule has 1 aromatic carbocycles. The zero-order chi connectivity index (χ0) is 12.4. The van der Waals surface area contributed by atoms with Gasteiger partial charge in [0.05, 0.1) is 25.3 Å². The fourth-order valence-electron chi connectivity index (χ4n) is 1.86. The third kappa shape index (κ3) is 1.56. The van der Waals surface area contributed by atoms with Gasteiger partial charge in [0.1, 0.15) is 11.5 Å². The molecule has 17 heavy (non-hydrogen) atoms. The molecule has 1 aromatic heterocycles. The van der Waals surface area contributed by atoms with Crippen molar-refractivity contribution in [1.82, 2.24) is 4.98 Å². The number of H-pyrrole nitrogens is 1. The van der Waals surface area contributed by atoms with Gasteiger partial charge in [-0.1, -0.05) is 0 Å². The number of carbonyl (C=O) groups excluding carboxylic acids is 2. The molecule has 0 aliphatic rings. The first-order chi connectivity index (χ1) is 8.26. The van der Waals surface area contributed by atoms with E-state index in [1.165, 1.54) is 20.4 Å². The van der Waals surface area contributed by atoms with E-state index in [9.17, 15) is 9.59 Å². The topological polar surface area (TPSA) is 68.4 Å². The molecule has 0 radical (unpaired) electrons. The van der Waals surface area contributed by atoms with Gasteiger partial charge in [-0.05, 0) is 0 Å². The summed E-state index contributed by atoms with van der Waals surface area (Å²) in [5.41, 5.74) is 1.35. The minimum absolute atomic E-state index is 0.339. The van der Waals surface area contributed by atoms with Gasteiger partial charge in [0.25, 0.3) is 0 Å². The van der Waals surface area contributed by atoms with E-state index in [1.807, 2.05) is 0 Å². The Balaban J connectivity index is 2.94. The van der Waals surface area contributed by atoms with E-state index >= 15 is 0 Å². The summed E-state index contributed by atoms with van der Waals surface area (Å²) in [5.74, 6) is 0.905. The molecule has 0 unspecified atom stereocenters. The lowest BCUT2D eigenvalue weighted by atomic mass is 10.1. The number of aromatic amines is 1. The molecule has 5 nitrogen and oxygen atoms in total. The van der Waals surface area contributed by atoms with Crippen LogP contribution in [-0.2, 0) is 0 Å². The summed E-state index contributed by atoms with van der Waals surface area (Å²) in [6, 6.07) is 1.61. The van der Waals surface area contributed by atoms with Gasteiger partial charge in [-0.15, -0.1) is 0 Å². The highest BCUT2D eigenvalue weighted by Gasteiger charge is 2.17. The van der Waals surface area contributed by atoms with Crippen LogP contribution in [0, 0.1) is 0 Å². The number of aromatic nitrogens is 1. The number of aldehydes is 2. The van der Waals surface area contributed by atoms with E-state index in [0.29, 0.717) is 46.1 Å². The number of fused-ring (bicyclic) bond motifs is 1. The van der Waals surface area contributed by atoms with Crippen LogP contribution in [0.2, 0.25) is 0 Å². The molecule has 0 bridgehead atoms. The van der Waals surface area contributed by atoms with Crippen molar-refractivity contribution in [2.75, 3.05) is 14.2 Å². The van der Waals surface area contributed by atoms with Gasteiger partial charge in [-0.2, -0.15) is 0 Å². The number of methoxy groups -OCH3 is 2. The van der Waals surface area contributed by atoms with E-state index in [2.05, 4.69) is 4.98 Å². The van der Waals surface area contributed by atoms with Gasteiger partial charge >= 0.3 is 0 Å². The SMILES string of the molecule is COc1cc(OC)c2[nH]cc(C=O)c2c1C=O. The first-order valence-corrected chi connectivity index (χ1v) is 4.93. The molecular formula is C12H11NO4. The first kappa shape index (κ1) is 11.2. The quantitative estimate of drug-likeness (QED) is 0.818. The van der Waals surface area contributed by atoms with Crippen LogP contribution < -0.4 is 9.47 Å². The maximum absolute atomic E-state index is 11.1. The zero-order valence-corrected chi connectivity index (χ0v) is 9.44. The van der Waals surface area contributed by atoms with Gasteiger partial charge in [-0.3, -0.25) is 9.59 Å². The predicted octanol–water partition coefficient (Wildman–Crippen LogP) is 1.81. The lowest BCUT2D eigenvalue weighted by molar-refractivity contribution is 0.111. The minimum Gasteiger partial charge on any atom is -0.496 e. The molecule has 0 aliphatic carbocycles. The molecule has 0 saturated heterocycles. The van der Waals surface area contributed by atoms with Crippen molar-refractivity contribution in [2.45, 2.75) is 0 Å². The molecule has 1 heterocycles. The Kier molecular flexibility index (Phi) is 2.82. The molecule has 2 aromatic rings. The fourth-order valence-corrected chi connectivity index (χ4v) is 1.86. The highest BCUT2D eigenvalue weighted by Crippen LogP contribution is 2.35. The molecule has 0 spiro atoms. The molecule has 0 amide bonds. The highest BCUT2D eigenvalue weighted by atomic mass is 16.5. The predicted molar refractivity (Wildman–Crippen MR) is 62.2 cm³/mol. The molecule has 0 atom stereocenters. The van der Waals surface area contributed by atoms with Crippen LogP contribution in [0.4, 0.5) is 0 Å². The summed E-state index contributed by atoms with van der Waals surface area (Å²) in [6.45, 7) is 0. The summed E-state index contributed by atoms with van der Waals surface area (Å²) in [6.07, 6.45) is 2.89. The summed E-state index contributed by atoms with van der Waals surface area (Å²) >= 11 is 0. The van der Waals surface area contributed by atoms with Crippen molar-refractivity contribution in [3.8, 4) is 11.5 Å². The van der Waals surface area contributed by atoms with Gasteiger partial charge in [0, 0.05) is 23.2 Å². The number of ether oxygens (including phenoxy) is 2. The Hall–Kier alpha value is -2.30. The maximum Gasteiger partial charge on any atom is 0.154 e. The van der Waals surface area contributed by atoms with E-state index in [4.69, 9.17) is 9.47 Å². The summed E-state index contributed by atoms with van der Waals surface area (Å²) in [4.78, 5) is 25.0. The normalized spacial score (nSPS) is 10.2. The minimum atomic E-state index is 0.339. The van der Waals surface area contributed by atoms with Crippen LogP contribution >= 0.6 is 0 Å². The highest BCUT2D eigenvalue weighted by molar-refractivity contribution is 6.09. The summed E-state index contributed by atoms with van der Waals surface area (Å²) < 4.78 is 10.3. The Morgan fingerprint density at radius 3 is 2.35 bits per heavy atom. The third-order valence-electron chi connectivity index (χ3n) is 2.64. The Bertz CT molecular complexity index is 586. The second-order valence-corrected chi connectivity index (χ2v) is 3.42. The smallest absolute Gasteiger partial charge is 0.154 e. The molecule has 0 aliphatic heterocycles. The van der Waals surface area contributed by atoms with Crippen LogP contribution in [0.25, 0.3) is 10.9 Å². The van der Waals surface area contributed by atoms with Crippen molar-refractivity contribution in [2.24, 2.45) is 0 Å². The van der Waals surface area contributed by atoms with Gasteiger partial charge in [0.15, 0.2) is 12.6 Å². The summed E-state index contributed by atoms with van der Waals surface area (Å²) in [7, 11) is 2.97. The second-order valence-electron chi connectivity index (χ2n) is 3.42. The van der Waals surface area contributed by atoms with E-state index in [1.54, 1.807) is 6.07 Å². The summed E-state index contributed by atoms with van der Waals surface area (Å²) in [5, 5.41) is 0.520. The molecule has 5 heteroatoms. The van der Waals surface area contributed by atoms with E-state index in [0.717, 1.165) is 0 Å². The monoisotopic (exact) mass is 233 g/mol. The molecular weight excluding hydrogens is 222 g/mol. The fraction of sp³-hybridized carbons (Fsp3) is 0.167. The van der Waals surface area contributed by atoms with Crippen molar-refractivity contribution >= 4 is 23.5 Å². The Labute approximate surface area is 97.3 Å². The van der Waals surface area contributed by atoms with Crippen molar-refractivity contribution in [3.05, 3.63) is 23.4 Å². The van der Waals surface area contributed by atoms with E-state index < -0.39 is 0 Å². The molecule has 2 rings (SSSR count). The number of carbonyl (C=O) groups is 2. The Morgan fingerprint density at radius 1 is 1.12 bits per heavy atom. The van der Waals surface area contributed by atoms with Crippen molar-refractivity contribution in [3.63, 3.8) is 0 Å². The third-order valence-corrected chi connectivity index (χ3v) is 2.64. The Morgan fingerprint density at radius 2 is 1.82 bits per heavy atom. The van der Waals surface area contributed by atoms with Crippen molar-refractivity contribution < 1.29 is 19.1 Å². The van der Waals surface area contributed by atoms with Gasteiger partial charge in [0.2, 0.25) is 0 Å². The lowest BCUT2D eigenvalue weighted by Gasteiger charge is -2.09. The van der Waals surface area contributed by atoms with Crippen molar-refractivity contribution in [1.29, 1.82) is 0 Å². The van der Waals surface area contributed by atoms with E-state index in [-0.39, 0.29) is 0 Å². The van der Waals surface area contributed by atoms with Crippen LogP contribution in [0.1, 0.15) is 20.7 Å². The standard InChI is InChI=1S/C12H11NO4/c1-16-9-3-10(17-2)12-11(8(9)6-15)7(5-14)4-13-12/h3-6,13H,1-2H3. The van der Waals surface area contributed by atoms with Gasteiger partial charge in [-0.25, -0.2) is 0 Å². The largest absolute Gasteiger partial charge is 0.496 e. The van der Waals surface area contributed by atoms with Gasteiger partial charge < -0.3 is 14.5 Å². The van der Waals surface area contributed by atoms with Crippen LogP contribution in [-0.4, -0.2) is 31.8 Å². The molecule has 88 valence electrons. The van der Waals surface area contributed by atoms with Crippen LogP contribution in [0.3, 0.4) is 0 Å². The molecule has 0 saturated carbocycles. The molecule has 1 N–H and O–H groups in total. The number of rotatable bonds is 4. The number of benzene rings is 1. The lowest BCUT2D eigenvalue weighted by Crippen LogP contribution is -1.95. The average Bonchev–Trinajstić information content (AvgIpc) is 2.80. The number of hydrogen-bond acceptors (Lipinski definition) is 4. The van der Waals surface area contributed by atoms with Crippen LogP contribution in [0.5, 0.6) is 11.5 Å². The van der Waals surface area contributed by atoms with Crippen LogP contribution in [0.15, 0.2) is 12.3 Å².